The lowest BCUT2D eigenvalue weighted by Gasteiger charge is -2.26. The summed E-state index contributed by atoms with van der Waals surface area (Å²) in [5, 5.41) is 8.97. The van der Waals surface area contributed by atoms with Crippen LogP contribution in [0.4, 0.5) is 0 Å². The predicted molar refractivity (Wildman–Crippen MR) is 72.8 cm³/mol. The number of benzene rings is 1. The maximum atomic E-state index is 12.0. The van der Waals surface area contributed by atoms with E-state index in [1.807, 2.05) is 0 Å². The van der Waals surface area contributed by atoms with Gasteiger partial charge in [-0.25, -0.2) is 4.79 Å². The largest absolute Gasteiger partial charge is 0.493 e. The van der Waals surface area contributed by atoms with Crippen LogP contribution >= 0.6 is 0 Å². The first-order valence-electron chi connectivity index (χ1n) is 6.51. The van der Waals surface area contributed by atoms with Crippen LogP contribution in [0.5, 0.6) is 11.5 Å². The average Bonchev–Trinajstić information content (AvgIpc) is 2.53. The number of amides is 1. The standard InChI is InChI=1S/C14H17NO6/c1-19-11-3-2-10(14(17)18)8-12(11)21-9-13(16)15-4-6-20-7-5-15/h2-3,8H,4-7,9H2,1H3,(H,17,18). The van der Waals surface area contributed by atoms with Gasteiger partial charge in [0, 0.05) is 13.1 Å². The molecule has 0 unspecified atom stereocenters. The molecule has 1 heterocycles. The van der Waals surface area contributed by atoms with Gasteiger partial charge in [0.1, 0.15) is 0 Å². The van der Waals surface area contributed by atoms with Gasteiger partial charge in [-0.2, -0.15) is 0 Å². The van der Waals surface area contributed by atoms with Gasteiger partial charge in [0.25, 0.3) is 5.91 Å². The van der Waals surface area contributed by atoms with Crippen molar-refractivity contribution >= 4 is 11.9 Å². The molecule has 2 rings (SSSR count). The van der Waals surface area contributed by atoms with Gasteiger partial charge in [0.15, 0.2) is 18.1 Å². The quantitative estimate of drug-likeness (QED) is 0.857. The summed E-state index contributed by atoms with van der Waals surface area (Å²) in [7, 11) is 1.45. The third kappa shape index (κ3) is 3.85. The number of hydrogen-bond acceptors (Lipinski definition) is 5. The highest BCUT2D eigenvalue weighted by Crippen LogP contribution is 2.28. The number of ether oxygens (including phenoxy) is 3. The summed E-state index contributed by atoms with van der Waals surface area (Å²) in [6.07, 6.45) is 0. The first-order valence-corrected chi connectivity index (χ1v) is 6.51. The molecule has 0 bridgehead atoms. The van der Waals surface area contributed by atoms with Crippen molar-refractivity contribution in [3.8, 4) is 11.5 Å². The number of carbonyl (C=O) groups is 2. The zero-order valence-corrected chi connectivity index (χ0v) is 11.7. The molecule has 0 radical (unpaired) electrons. The van der Waals surface area contributed by atoms with Crippen LogP contribution in [0.25, 0.3) is 0 Å². The minimum atomic E-state index is -1.07. The van der Waals surface area contributed by atoms with Crippen molar-refractivity contribution in [1.82, 2.24) is 4.90 Å². The van der Waals surface area contributed by atoms with E-state index in [1.165, 1.54) is 25.3 Å². The number of nitrogens with zero attached hydrogens (tertiary/aromatic N) is 1. The first kappa shape index (κ1) is 15.1. The molecule has 0 spiro atoms. The Morgan fingerprint density at radius 3 is 2.62 bits per heavy atom. The second-order valence-electron chi connectivity index (χ2n) is 4.45. The lowest BCUT2D eigenvalue weighted by Crippen LogP contribution is -2.43. The van der Waals surface area contributed by atoms with Crippen LogP contribution in [0, 0.1) is 0 Å². The fourth-order valence-electron chi connectivity index (χ4n) is 1.97. The summed E-state index contributed by atoms with van der Waals surface area (Å²) in [5.41, 5.74) is 0.0737. The molecule has 1 fully saturated rings. The van der Waals surface area contributed by atoms with E-state index in [0.29, 0.717) is 32.1 Å². The van der Waals surface area contributed by atoms with Crippen molar-refractivity contribution in [3.05, 3.63) is 23.8 Å². The van der Waals surface area contributed by atoms with E-state index in [0.717, 1.165) is 0 Å². The Hall–Kier alpha value is -2.28. The van der Waals surface area contributed by atoms with E-state index in [2.05, 4.69) is 0 Å². The molecule has 114 valence electrons. The van der Waals surface area contributed by atoms with Crippen LogP contribution in [0.1, 0.15) is 10.4 Å². The van der Waals surface area contributed by atoms with Gasteiger partial charge < -0.3 is 24.2 Å². The second kappa shape index (κ2) is 6.94. The van der Waals surface area contributed by atoms with E-state index in [1.54, 1.807) is 4.90 Å². The summed E-state index contributed by atoms with van der Waals surface area (Å²) in [4.78, 5) is 24.6. The van der Waals surface area contributed by atoms with E-state index in [-0.39, 0.29) is 23.8 Å². The van der Waals surface area contributed by atoms with Crippen molar-refractivity contribution in [2.75, 3.05) is 40.0 Å². The van der Waals surface area contributed by atoms with Gasteiger partial charge in [0.2, 0.25) is 0 Å². The van der Waals surface area contributed by atoms with Crippen molar-refractivity contribution in [1.29, 1.82) is 0 Å². The number of carboxylic acid groups (broad SMARTS) is 1. The molecular weight excluding hydrogens is 278 g/mol. The highest BCUT2D eigenvalue weighted by Gasteiger charge is 2.18. The van der Waals surface area contributed by atoms with Gasteiger partial charge in [-0.05, 0) is 18.2 Å². The summed E-state index contributed by atoms with van der Waals surface area (Å²) >= 11 is 0. The fraction of sp³-hybridized carbons (Fsp3) is 0.429. The Kier molecular flexibility index (Phi) is 4.99. The average molecular weight is 295 g/mol. The molecule has 7 nitrogen and oxygen atoms in total. The highest BCUT2D eigenvalue weighted by molar-refractivity contribution is 5.88. The molecule has 7 heteroatoms. The van der Waals surface area contributed by atoms with Crippen molar-refractivity contribution < 1.29 is 28.9 Å². The summed E-state index contributed by atoms with van der Waals surface area (Å²) in [6, 6.07) is 4.25. The Morgan fingerprint density at radius 1 is 1.29 bits per heavy atom. The molecule has 1 aromatic carbocycles. The van der Waals surface area contributed by atoms with Gasteiger partial charge in [-0.3, -0.25) is 4.79 Å². The first-order chi connectivity index (χ1) is 10.1. The SMILES string of the molecule is COc1ccc(C(=O)O)cc1OCC(=O)N1CCOCC1. The van der Waals surface area contributed by atoms with E-state index < -0.39 is 5.97 Å². The molecule has 21 heavy (non-hydrogen) atoms. The Morgan fingerprint density at radius 2 is 2.00 bits per heavy atom. The zero-order valence-electron chi connectivity index (χ0n) is 11.7. The third-order valence-electron chi connectivity index (χ3n) is 3.13. The maximum Gasteiger partial charge on any atom is 0.335 e. The highest BCUT2D eigenvalue weighted by atomic mass is 16.5. The number of rotatable bonds is 5. The van der Waals surface area contributed by atoms with Crippen LogP contribution < -0.4 is 9.47 Å². The molecule has 0 atom stereocenters. The van der Waals surface area contributed by atoms with Crippen LogP contribution in [-0.2, 0) is 9.53 Å². The molecule has 1 aromatic rings. The molecule has 1 amide bonds. The van der Waals surface area contributed by atoms with Crippen molar-refractivity contribution in [2.24, 2.45) is 0 Å². The fourth-order valence-corrected chi connectivity index (χ4v) is 1.97. The zero-order chi connectivity index (χ0) is 15.2. The topological polar surface area (TPSA) is 85.3 Å². The summed E-state index contributed by atoms with van der Waals surface area (Å²) < 4.78 is 15.7. The normalized spacial score (nSPS) is 14.6. The van der Waals surface area contributed by atoms with Gasteiger partial charge in [0.05, 0.1) is 25.9 Å². The molecule has 0 aliphatic carbocycles. The van der Waals surface area contributed by atoms with Crippen LogP contribution in [0.2, 0.25) is 0 Å². The van der Waals surface area contributed by atoms with Gasteiger partial charge in [-0.15, -0.1) is 0 Å². The van der Waals surface area contributed by atoms with E-state index in [9.17, 15) is 9.59 Å². The van der Waals surface area contributed by atoms with E-state index in [4.69, 9.17) is 19.3 Å². The van der Waals surface area contributed by atoms with Crippen LogP contribution in [0.15, 0.2) is 18.2 Å². The van der Waals surface area contributed by atoms with Gasteiger partial charge >= 0.3 is 5.97 Å². The number of methoxy groups -OCH3 is 1. The molecule has 1 saturated heterocycles. The molecule has 1 aliphatic rings. The maximum absolute atomic E-state index is 12.0. The van der Waals surface area contributed by atoms with E-state index >= 15 is 0 Å². The number of morpholine rings is 1. The Balaban J connectivity index is 2.02. The molecule has 1 N–H and O–H groups in total. The monoisotopic (exact) mass is 295 g/mol. The molecule has 0 aromatic heterocycles. The molecular formula is C14H17NO6. The minimum Gasteiger partial charge on any atom is -0.493 e. The molecule has 0 saturated carbocycles. The second-order valence-corrected chi connectivity index (χ2v) is 4.45. The van der Waals surface area contributed by atoms with Crippen LogP contribution in [-0.4, -0.2) is 61.9 Å². The Bertz CT molecular complexity index is 524. The summed E-state index contributed by atoms with van der Waals surface area (Å²) in [6.45, 7) is 1.94. The summed E-state index contributed by atoms with van der Waals surface area (Å²) in [5.74, 6) is -0.614. The number of carboxylic acids is 1. The lowest BCUT2D eigenvalue weighted by atomic mass is 10.2. The van der Waals surface area contributed by atoms with Gasteiger partial charge in [-0.1, -0.05) is 0 Å². The van der Waals surface area contributed by atoms with Crippen molar-refractivity contribution in [2.45, 2.75) is 0 Å². The van der Waals surface area contributed by atoms with Crippen LogP contribution in [0.3, 0.4) is 0 Å². The smallest absolute Gasteiger partial charge is 0.335 e. The predicted octanol–water partition coefficient (Wildman–Crippen LogP) is 0.631. The number of carbonyl (C=O) groups excluding carboxylic acids is 1. The minimum absolute atomic E-state index is 0.0737. The lowest BCUT2D eigenvalue weighted by molar-refractivity contribution is -0.137. The number of aromatic carboxylic acids is 1. The third-order valence-corrected chi connectivity index (χ3v) is 3.13. The van der Waals surface area contributed by atoms with Crippen molar-refractivity contribution in [3.63, 3.8) is 0 Å². The molecule has 1 aliphatic heterocycles. The Labute approximate surface area is 122 Å². The number of hydrogen-bond donors (Lipinski definition) is 1.